The molecule has 2 atom stereocenters. The molecule has 1 aliphatic heterocycles. The normalized spacial score (nSPS) is 15.4. The Bertz CT molecular complexity index is 1130. The molecule has 0 radical (unpaired) electrons. The molecular formula is C27H26N2O4. The molecule has 0 saturated heterocycles. The maximum atomic E-state index is 13.0. The summed E-state index contributed by atoms with van der Waals surface area (Å²) in [7, 11) is 0. The van der Waals surface area contributed by atoms with Gasteiger partial charge in [0.15, 0.2) is 6.61 Å². The van der Waals surface area contributed by atoms with Gasteiger partial charge in [-0.15, -0.1) is 0 Å². The van der Waals surface area contributed by atoms with E-state index in [0.29, 0.717) is 5.56 Å². The first-order chi connectivity index (χ1) is 16.0. The van der Waals surface area contributed by atoms with E-state index in [1.807, 2.05) is 67.6 Å². The fraction of sp³-hybridized carbons (Fsp3) is 0.222. The minimum absolute atomic E-state index is 0.00787. The number of anilines is 1. The lowest BCUT2D eigenvalue weighted by molar-refractivity contribution is -0.149. The largest absolute Gasteiger partial charge is 0.454 e. The monoisotopic (exact) mass is 442 g/mol. The van der Waals surface area contributed by atoms with Crippen LogP contribution in [0, 0.1) is 0 Å². The van der Waals surface area contributed by atoms with Crippen LogP contribution < -0.4 is 10.2 Å². The zero-order valence-corrected chi connectivity index (χ0v) is 18.4. The number of rotatable bonds is 7. The molecule has 168 valence electrons. The molecule has 0 aromatic heterocycles. The Kier molecular flexibility index (Phi) is 6.83. The van der Waals surface area contributed by atoms with Crippen LogP contribution in [0.3, 0.4) is 0 Å². The Hall–Kier alpha value is -3.93. The third-order valence-electron chi connectivity index (χ3n) is 5.72. The highest BCUT2D eigenvalue weighted by atomic mass is 16.5. The highest BCUT2D eigenvalue weighted by Crippen LogP contribution is 2.31. The summed E-state index contributed by atoms with van der Waals surface area (Å²) in [5.41, 5.74) is 3.27. The maximum Gasteiger partial charge on any atom is 0.329 e. The van der Waals surface area contributed by atoms with Gasteiger partial charge in [0.2, 0.25) is 0 Å². The van der Waals surface area contributed by atoms with Crippen molar-refractivity contribution in [1.82, 2.24) is 5.32 Å². The van der Waals surface area contributed by atoms with Gasteiger partial charge in [0.1, 0.15) is 6.04 Å². The molecule has 4 rings (SSSR count). The van der Waals surface area contributed by atoms with Crippen molar-refractivity contribution in [2.45, 2.75) is 31.8 Å². The third kappa shape index (κ3) is 5.29. The summed E-state index contributed by atoms with van der Waals surface area (Å²) in [6.45, 7) is 1.59. The third-order valence-corrected chi connectivity index (χ3v) is 5.72. The second-order valence-electron chi connectivity index (χ2n) is 8.14. The van der Waals surface area contributed by atoms with Gasteiger partial charge in [-0.1, -0.05) is 66.7 Å². The molecule has 1 heterocycles. The van der Waals surface area contributed by atoms with E-state index >= 15 is 0 Å². The number of hydrogen-bond donors (Lipinski definition) is 1. The number of carbonyl (C=O) groups excluding carboxylic acids is 3. The zero-order valence-electron chi connectivity index (χ0n) is 18.4. The number of nitrogens with zero attached hydrogens (tertiary/aromatic N) is 1. The summed E-state index contributed by atoms with van der Waals surface area (Å²) in [5.74, 6) is -1.30. The van der Waals surface area contributed by atoms with E-state index in [4.69, 9.17) is 4.74 Å². The van der Waals surface area contributed by atoms with Gasteiger partial charge < -0.3 is 15.0 Å². The molecule has 6 nitrogen and oxygen atoms in total. The van der Waals surface area contributed by atoms with Crippen LogP contribution in [0.25, 0.3) is 0 Å². The van der Waals surface area contributed by atoms with Crippen molar-refractivity contribution in [2.24, 2.45) is 0 Å². The first-order valence-corrected chi connectivity index (χ1v) is 11.0. The average molecular weight is 443 g/mol. The van der Waals surface area contributed by atoms with E-state index in [9.17, 15) is 14.4 Å². The van der Waals surface area contributed by atoms with E-state index in [1.54, 1.807) is 29.2 Å². The van der Waals surface area contributed by atoms with Gasteiger partial charge in [0.25, 0.3) is 11.8 Å². The first-order valence-electron chi connectivity index (χ1n) is 11.0. The summed E-state index contributed by atoms with van der Waals surface area (Å²) in [5, 5.41) is 2.76. The molecule has 0 bridgehead atoms. The van der Waals surface area contributed by atoms with Crippen molar-refractivity contribution < 1.29 is 19.1 Å². The number of amides is 2. The Morgan fingerprint density at radius 2 is 1.58 bits per heavy atom. The summed E-state index contributed by atoms with van der Waals surface area (Å²) in [6.07, 6.45) is 1.02. The van der Waals surface area contributed by atoms with Crippen molar-refractivity contribution in [3.63, 3.8) is 0 Å². The van der Waals surface area contributed by atoms with Gasteiger partial charge in [-0.3, -0.25) is 9.59 Å². The second kappa shape index (κ2) is 10.1. The minimum atomic E-state index is -0.920. The Balaban J connectivity index is 1.44. The SMILES string of the molecule is C[C@@H]1Cc2ccccc2N1C(=O)COC(=O)[C@H](Cc1ccccc1)NC(=O)c1ccccc1. The highest BCUT2D eigenvalue weighted by Gasteiger charge is 2.32. The van der Waals surface area contributed by atoms with E-state index in [-0.39, 0.29) is 30.9 Å². The lowest BCUT2D eigenvalue weighted by Crippen LogP contribution is -2.45. The van der Waals surface area contributed by atoms with Crippen molar-refractivity contribution in [1.29, 1.82) is 0 Å². The van der Waals surface area contributed by atoms with E-state index in [2.05, 4.69) is 5.32 Å². The lowest BCUT2D eigenvalue weighted by Gasteiger charge is -2.23. The molecule has 3 aromatic carbocycles. The number of carbonyl (C=O) groups is 3. The molecule has 0 saturated carbocycles. The molecule has 1 aliphatic rings. The molecule has 0 unspecified atom stereocenters. The zero-order chi connectivity index (χ0) is 23.2. The number of esters is 1. The van der Waals surface area contributed by atoms with Crippen LogP contribution in [0.5, 0.6) is 0 Å². The minimum Gasteiger partial charge on any atom is -0.454 e. The summed E-state index contributed by atoms with van der Waals surface area (Å²) >= 11 is 0. The van der Waals surface area contributed by atoms with Crippen molar-refractivity contribution in [3.05, 3.63) is 102 Å². The smallest absolute Gasteiger partial charge is 0.329 e. The molecule has 1 N–H and O–H groups in total. The van der Waals surface area contributed by atoms with Gasteiger partial charge in [-0.25, -0.2) is 4.79 Å². The molecule has 3 aromatic rings. The predicted molar refractivity (Wildman–Crippen MR) is 126 cm³/mol. The van der Waals surface area contributed by atoms with Crippen LogP contribution in [-0.4, -0.2) is 36.5 Å². The first kappa shape index (κ1) is 22.3. The van der Waals surface area contributed by atoms with Crippen molar-refractivity contribution in [3.8, 4) is 0 Å². The van der Waals surface area contributed by atoms with Crippen molar-refractivity contribution >= 4 is 23.5 Å². The molecule has 0 fully saturated rings. The van der Waals surface area contributed by atoms with Crippen LogP contribution in [0.2, 0.25) is 0 Å². The lowest BCUT2D eigenvalue weighted by atomic mass is 10.1. The average Bonchev–Trinajstić information content (AvgIpc) is 3.18. The van der Waals surface area contributed by atoms with Crippen LogP contribution in [0.15, 0.2) is 84.9 Å². The van der Waals surface area contributed by atoms with E-state index in [1.165, 1.54) is 0 Å². The number of para-hydroxylation sites is 1. The summed E-state index contributed by atoms with van der Waals surface area (Å²) in [4.78, 5) is 40.2. The topological polar surface area (TPSA) is 75.7 Å². The molecule has 2 amide bonds. The number of benzene rings is 3. The maximum absolute atomic E-state index is 13.0. The van der Waals surface area contributed by atoms with Gasteiger partial charge in [0, 0.05) is 23.7 Å². The fourth-order valence-electron chi connectivity index (χ4n) is 4.12. The Morgan fingerprint density at radius 3 is 2.30 bits per heavy atom. The molecule has 33 heavy (non-hydrogen) atoms. The number of fused-ring (bicyclic) bond motifs is 1. The number of nitrogens with one attached hydrogen (secondary N) is 1. The fourth-order valence-corrected chi connectivity index (χ4v) is 4.12. The van der Waals surface area contributed by atoms with Crippen LogP contribution in [-0.2, 0) is 27.2 Å². The molecule has 0 aliphatic carbocycles. The standard InChI is InChI=1S/C27H26N2O4/c1-19-16-22-14-8-9-15-24(22)29(19)25(30)18-33-27(32)23(17-20-10-4-2-5-11-20)28-26(31)21-12-6-3-7-13-21/h2-15,19,23H,16-18H2,1H3,(H,28,31)/t19-,23+/m1/s1. The van der Waals surface area contributed by atoms with Gasteiger partial charge in [-0.05, 0) is 42.7 Å². The number of hydrogen-bond acceptors (Lipinski definition) is 4. The van der Waals surface area contributed by atoms with Crippen molar-refractivity contribution in [2.75, 3.05) is 11.5 Å². The Morgan fingerprint density at radius 1 is 0.939 bits per heavy atom. The highest BCUT2D eigenvalue weighted by molar-refractivity contribution is 5.99. The van der Waals surface area contributed by atoms with Crippen LogP contribution in [0.1, 0.15) is 28.4 Å². The summed E-state index contributed by atoms with van der Waals surface area (Å²) < 4.78 is 5.41. The second-order valence-corrected chi connectivity index (χ2v) is 8.14. The van der Waals surface area contributed by atoms with Crippen LogP contribution >= 0.6 is 0 Å². The Labute approximate surface area is 193 Å². The van der Waals surface area contributed by atoms with Gasteiger partial charge in [0.05, 0.1) is 0 Å². The van der Waals surface area contributed by atoms with Gasteiger partial charge in [-0.2, -0.15) is 0 Å². The molecule has 0 spiro atoms. The van der Waals surface area contributed by atoms with Crippen LogP contribution in [0.4, 0.5) is 5.69 Å². The number of ether oxygens (including phenoxy) is 1. The van der Waals surface area contributed by atoms with E-state index in [0.717, 1.165) is 23.2 Å². The molecule has 6 heteroatoms. The molecular weight excluding hydrogens is 416 g/mol. The quantitative estimate of drug-likeness (QED) is 0.568. The summed E-state index contributed by atoms with van der Waals surface area (Å²) in [6, 6.07) is 24.9. The van der Waals surface area contributed by atoms with Gasteiger partial charge >= 0.3 is 5.97 Å². The predicted octanol–water partition coefficient (Wildman–Crippen LogP) is 3.55. The van der Waals surface area contributed by atoms with E-state index < -0.39 is 12.0 Å².